The zero-order chi connectivity index (χ0) is 9.80. The van der Waals surface area contributed by atoms with Crippen LogP contribution in [-0.4, -0.2) is 16.2 Å². The molecule has 1 aromatic rings. The van der Waals surface area contributed by atoms with E-state index in [0.29, 0.717) is 11.8 Å². The predicted molar refractivity (Wildman–Crippen MR) is 55.7 cm³/mol. The molecular weight excluding hydrogens is 174 g/mol. The summed E-state index contributed by atoms with van der Waals surface area (Å²) in [5, 5.41) is 9.33. The minimum absolute atomic E-state index is 0.0926. The molecule has 0 bridgehead atoms. The van der Waals surface area contributed by atoms with Gasteiger partial charge in [0.05, 0.1) is 6.10 Å². The molecule has 0 unspecified atom stereocenters. The number of aromatic nitrogens is 1. The van der Waals surface area contributed by atoms with Crippen LogP contribution in [0.1, 0.15) is 25.7 Å². The Morgan fingerprint density at radius 3 is 1.64 bits per heavy atom. The van der Waals surface area contributed by atoms with Crippen LogP contribution in [0.25, 0.3) is 0 Å². The van der Waals surface area contributed by atoms with Crippen molar-refractivity contribution in [2.75, 3.05) is 0 Å². The molecule has 0 saturated heterocycles. The highest BCUT2D eigenvalue weighted by Gasteiger charge is 2.39. The Morgan fingerprint density at radius 2 is 1.43 bits per heavy atom. The van der Waals surface area contributed by atoms with Gasteiger partial charge in [-0.1, -0.05) is 6.07 Å². The highest BCUT2D eigenvalue weighted by molar-refractivity contribution is 4.91. The molecule has 1 heterocycles. The number of aliphatic hydroxyl groups excluding tert-OH is 1. The fraction of sp³-hybridized carbons (Fsp3) is 0.583. The quantitative estimate of drug-likeness (QED) is 0.777. The normalized spacial score (nSPS) is 20.1. The second kappa shape index (κ2) is 4.56. The zero-order valence-electron chi connectivity index (χ0n) is 8.34. The highest BCUT2D eigenvalue weighted by atomic mass is 16.3. The Balaban J connectivity index is 0.000000112. The summed E-state index contributed by atoms with van der Waals surface area (Å²) in [4.78, 5) is 3.78. The van der Waals surface area contributed by atoms with E-state index in [2.05, 4.69) is 4.98 Å². The zero-order valence-corrected chi connectivity index (χ0v) is 8.34. The fourth-order valence-electron chi connectivity index (χ4n) is 1.57. The van der Waals surface area contributed by atoms with E-state index in [9.17, 15) is 5.11 Å². The summed E-state index contributed by atoms with van der Waals surface area (Å²) in [6.07, 6.45) is 8.75. The van der Waals surface area contributed by atoms with Gasteiger partial charge < -0.3 is 5.11 Å². The van der Waals surface area contributed by atoms with Crippen molar-refractivity contribution in [3.05, 3.63) is 30.6 Å². The second-order valence-electron chi connectivity index (χ2n) is 4.19. The van der Waals surface area contributed by atoms with Gasteiger partial charge in [0.1, 0.15) is 0 Å². The first-order chi connectivity index (χ1) is 6.88. The lowest BCUT2D eigenvalue weighted by atomic mass is 10.1. The second-order valence-corrected chi connectivity index (χ2v) is 4.19. The van der Waals surface area contributed by atoms with E-state index in [1.54, 1.807) is 12.4 Å². The van der Waals surface area contributed by atoms with Crippen molar-refractivity contribution in [2.45, 2.75) is 31.8 Å². The average Bonchev–Trinajstić information content (AvgIpc) is 3.11. The summed E-state index contributed by atoms with van der Waals surface area (Å²) in [5.74, 6) is 1.42. The molecule has 1 N–H and O–H groups in total. The third-order valence-corrected chi connectivity index (χ3v) is 2.78. The molecular formula is C12H17NO. The van der Waals surface area contributed by atoms with Gasteiger partial charge in [0.25, 0.3) is 0 Å². The lowest BCUT2D eigenvalue weighted by Gasteiger charge is -2.03. The maximum Gasteiger partial charge on any atom is 0.0596 e. The van der Waals surface area contributed by atoms with Crippen LogP contribution in [0.4, 0.5) is 0 Å². The molecule has 2 fully saturated rings. The molecule has 2 nitrogen and oxygen atoms in total. The first-order valence-electron chi connectivity index (χ1n) is 5.41. The maximum absolute atomic E-state index is 9.33. The van der Waals surface area contributed by atoms with Crippen LogP contribution in [0.2, 0.25) is 0 Å². The number of rotatable bonds is 2. The molecule has 2 aliphatic carbocycles. The Labute approximate surface area is 85.0 Å². The van der Waals surface area contributed by atoms with Crippen molar-refractivity contribution in [3.8, 4) is 0 Å². The molecule has 2 heteroatoms. The third kappa shape index (κ3) is 3.11. The van der Waals surface area contributed by atoms with Crippen molar-refractivity contribution in [3.63, 3.8) is 0 Å². The van der Waals surface area contributed by atoms with Gasteiger partial charge in [0.2, 0.25) is 0 Å². The van der Waals surface area contributed by atoms with Crippen molar-refractivity contribution in [1.29, 1.82) is 0 Å². The summed E-state index contributed by atoms with van der Waals surface area (Å²) in [6, 6.07) is 5.72. The summed E-state index contributed by atoms with van der Waals surface area (Å²) in [6.45, 7) is 0. The van der Waals surface area contributed by atoms with Crippen LogP contribution >= 0.6 is 0 Å². The van der Waals surface area contributed by atoms with Crippen molar-refractivity contribution >= 4 is 0 Å². The standard InChI is InChI=1S/C7H12O.C5H5N/c8-7(5-1-2-5)6-3-4-6;1-2-4-6-5-3-1/h5-8H,1-4H2;1-5H. The smallest absolute Gasteiger partial charge is 0.0596 e. The van der Waals surface area contributed by atoms with Crippen LogP contribution in [0, 0.1) is 11.8 Å². The van der Waals surface area contributed by atoms with Gasteiger partial charge in [-0.05, 0) is 49.7 Å². The molecule has 0 aliphatic heterocycles. The average molecular weight is 191 g/mol. The van der Waals surface area contributed by atoms with Crippen LogP contribution in [0.15, 0.2) is 30.6 Å². The molecule has 14 heavy (non-hydrogen) atoms. The molecule has 0 aromatic carbocycles. The SMILES string of the molecule is OC(C1CC1)C1CC1.c1ccncc1. The molecule has 0 spiro atoms. The van der Waals surface area contributed by atoms with Gasteiger partial charge in [-0.3, -0.25) is 4.98 Å². The first-order valence-corrected chi connectivity index (χ1v) is 5.41. The Hall–Kier alpha value is -0.890. The third-order valence-electron chi connectivity index (χ3n) is 2.78. The number of aliphatic hydroxyl groups is 1. The lowest BCUT2D eigenvalue weighted by Crippen LogP contribution is -2.10. The minimum Gasteiger partial charge on any atom is -0.393 e. The van der Waals surface area contributed by atoms with Gasteiger partial charge in [0, 0.05) is 12.4 Å². The van der Waals surface area contributed by atoms with Gasteiger partial charge in [-0.15, -0.1) is 0 Å². The highest BCUT2D eigenvalue weighted by Crippen LogP contribution is 2.44. The summed E-state index contributed by atoms with van der Waals surface area (Å²) < 4.78 is 0. The van der Waals surface area contributed by atoms with Crippen molar-refractivity contribution < 1.29 is 5.11 Å². The van der Waals surface area contributed by atoms with E-state index < -0.39 is 0 Å². The lowest BCUT2D eigenvalue weighted by molar-refractivity contribution is 0.128. The van der Waals surface area contributed by atoms with Gasteiger partial charge >= 0.3 is 0 Å². The van der Waals surface area contributed by atoms with Gasteiger partial charge in [0.15, 0.2) is 0 Å². The molecule has 0 amide bonds. The largest absolute Gasteiger partial charge is 0.393 e. The molecule has 2 aliphatic rings. The number of pyridine rings is 1. The maximum atomic E-state index is 9.33. The van der Waals surface area contributed by atoms with E-state index in [4.69, 9.17) is 0 Å². The Morgan fingerprint density at radius 1 is 0.929 bits per heavy atom. The van der Waals surface area contributed by atoms with E-state index in [1.165, 1.54) is 25.7 Å². The van der Waals surface area contributed by atoms with E-state index in [-0.39, 0.29) is 6.10 Å². The van der Waals surface area contributed by atoms with Crippen LogP contribution in [-0.2, 0) is 0 Å². The Bertz CT molecular complexity index is 216. The molecule has 76 valence electrons. The molecule has 0 atom stereocenters. The monoisotopic (exact) mass is 191 g/mol. The molecule has 1 aromatic heterocycles. The van der Waals surface area contributed by atoms with E-state index in [1.807, 2.05) is 18.2 Å². The first kappa shape index (κ1) is 9.66. The van der Waals surface area contributed by atoms with Crippen molar-refractivity contribution in [2.24, 2.45) is 11.8 Å². The van der Waals surface area contributed by atoms with Crippen LogP contribution in [0.3, 0.4) is 0 Å². The molecule has 3 rings (SSSR count). The molecule has 0 radical (unpaired) electrons. The summed E-state index contributed by atoms with van der Waals surface area (Å²) in [5.41, 5.74) is 0. The van der Waals surface area contributed by atoms with Crippen LogP contribution < -0.4 is 0 Å². The van der Waals surface area contributed by atoms with E-state index in [0.717, 1.165) is 0 Å². The van der Waals surface area contributed by atoms with Gasteiger partial charge in [-0.25, -0.2) is 0 Å². The topological polar surface area (TPSA) is 33.1 Å². The fourth-order valence-corrected chi connectivity index (χ4v) is 1.57. The van der Waals surface area contributed by atoms with Crippen LogP contribution in [0.5, 0.6) is 0 Å². The summed E-state index contributed by atoms with van der Waals surface area (Å²) in [7, 11) is 0. The number of hydrogen-bond donors (Lipinski definition) is 1. The number of hydrogen-bond acceptors (Lipinski definition) is 2. The predicted octanol–water partition coefficient (Wildman–Crippen LogP) is 2.25. The minimum atomic E-state index is 0.0926. The summed E-state index contributed by atoms with van der Waals surface area (Å²) >= 11 is 0. The van der Waals surface area contributed by atoms with Crippen molar-refractivity contribution in [1.82, 2.24) is 4.98 Å². The van der Waals surface area contributed by atoms with E-state index >= 15 is 0 Å². The van der Waals surface area contributed by atoms with Gasteiger partial charge in [-0.2, -0.15) is 0 Å². The number of nitrogens with zero attached hydrogens (tertiary/aromatic N) is 1. The molecule has 2 saturated carbocycles. The Kier molecular flexibility index (Phi) is 3.14.